The Labute approximate surface area is 150 Å². The van der Waals surface area contributed by atoms with E-state index in [1.165, 1.54) is 12.1 Å². The quantitative estimate of drug-likeness (QED) is 0.767. The van der Waals surface area contributed by atoms with Crippen LogP contribution in [0.15, 0.2) is 48.5 Å². The van der Waals surface area contributed by atoms with E-state index in [9.17, 15) is 9.18 Å². The second kappa shape index (κ2) is 7.25. The van der Waals surface area contributed by atoms with Gasteiger partial charge in [-0.2, -0.15) is 0 Å². The minimum Gasteiger partial charge on any atom is -0.368 e. The van der Waals surface area contributed by atoms with Crippen LogP contribution in [-0.2, 0) is 22.6 Å². The van der Waals surface area contributed by atoms with E-state index >= 15 is 0 Å². The van der Waals surface area contributed by atoms with Gasteiger partial charge in [0, 0.05) is 13.2 Å². The van der Waals surface area contributed by atoms with Crippen LogP contribution in [0.3, 0.4) is 0 Å². The second-order valence-corrected chi connectivity index (χ2v) is 6.45. The summed E-state index contributed by atoms with van der Waals surface area (Å²) in [6, 6.07) is 14.3. The molecule has 6 heteroatoms. The van der Waals surface area contributed by atoms with Crippen molar-refractivity contribution in [3.8, 4) is 0 Å². The van der Waals surface area contributed by atoms with Crippen molar-refractivity contribution in [3.05, 3.63) is 65.7 Å². The van der Waals surface area contributed by atoms with Crippen LogP contribution in [0, 0.1) is 5.82 Å². The Kier molecular flexibility index (Phi) is 4.67. The number of amides is 1. The van der Waals surface area contributed by atoms with Gasteiger partial charge < -0.3 is 14.6 Å². The minimum absolute atomic E-state index is 0.0945. The highest BCUT2D eigenvalue weighted by Gasteiger charge is 2.23. The van der Waals surface area contributed by atoms with Gasteiger partial charge in [0.1, 0.15) is 17.7 Å². The second-order valence-electron chi connectivity index (χ2n) is 6.45. The van der Waals surface area contributed by atoms with Gasteiger partial charge in [0.25, 0.3) is 0 Å². The number of nitrogens with zero attached hydrogens (tertiary/aromatic N) is 2. The SMILES string of the molecule is O=C(NCc1nc2ccccc2n1Cc1ccc(F)cc1)C1CCCO1. The topological polar surface area (TPSA) is 56.2 Å². The number of halogens is 1. The summed E-state index contributed by atoms with van der Waals surface area (Å²) in [6.45, 7) is 1.53. The van der Waals surface area contributed by atoms with Crippen LogP contribution in [0.4, 0.5) is 4.39 Å². The van der Waals surface area contributed by atoms with Gasteiger partial charge in [-0.05, 0) is 42.7 Å². The van der Waals surface area contributed by atoms with Crippen molar-refractivity contribution in [2.75, 3.05) is 6.61 Å². The lowest BCUT2D eigenvalue weighted by Gasteiger charge is -2.12. The average molecular weight is 353 g/mol. The number of rotatable bonds is 5. The first-order valence-electron chi connectivity index (χ1n) is 8.78. The van der Waals surface area contributed by atoms with E-state index in [2.05, 4.69) is 14.9 Å². The van der Waals surface area contributed by atoms with Crippen LogP contribution in [-0.4, -0.2) is 28.2 Å². The van der Waals surface area contributed by atoms with E-state index in [1.54, 1.807) is 12.1 Å². The third-order valence-corrected chi connectivity index (χ3v) is 4.63. The molecule has 4 rings (SSSR count). The van der Waals surface area contributed by atoms with Crippen molar-refractivity contribution in [1.82, 2.24) is 14.9 Å². The van der Waals surface area contributed by atoms with Crippen molar-refractivity contribution in [2.45, 2.75) is 32.0 Å². The summed E-state index contributed by atoms with van der Waals surface area (Å²) in [5.74, 6) is 0.415. The number of fused-ring (bicyclic) bond motifs is 1. The standard InChI is InChI=1S/C20H20FN3O2/c21-15-9-7-14(8-10-15)13-24-17-5-2-1-4-16(17)23-19(24)12-22-20(25)18-6-3-11-26-18/h1-2,4-5,7-10,18H,3,6,11-13H2,(H,22,25). The maximum atomic E-state index is 13.2. The molecule has 1 atom stereocenters. The molecule has 3 aromatic rings. The molecule has 1 aliphatic heterocycles. The molecule has 0 aliphatic carbocycles. The molecule has 1 fully saturated rings. The largest absolute Gasteiger partial charge is 0.368 e. The monoisotopic (exact) mass is 353 g/mol. The minimum atomic E-state index is -0.357. The van der Waals surface area contributed by atoms with Gasteiger partial charge >= 0.3 is 0 Å². The van der Waals surface area contributed by atoms with Crippen LogP contribution in [0.5, 0.6) is 0 Å². The normalized spacial score (nSPS) is 16.9. The van der Waals surface area contributed by atoms with E-state index < -0.39 is 0 Å². The van der Waals surface area contributed by atoms with Crippen LogP contribution >= 0.6 is 0 Å². The Balaban J connectivity index is 1.58. The Hall–Kier alpha value is -2.73. The highest BCUT2D eigenvalue weighted by Crippen LogP contribution is 2.19. The fourth-order valence-corrected chi connectivity index (χ4v) is 3.27. The summed E-state index contributed by atoms with van der Waals surface area (Å²) in [7, 11) is 0. The highest BCUT2D eigenvalue weighted by atomic mass is 19.1. The number of benzene rings is 2. The van der Waals surface area contributed by atoms with Gasteiger partial charge in [-0.3, -0.25) is 4.79 Å². The Bertz CT molecular complexity index is 914. The first-order chi connectivity index (χ1) is 12.7. The Morgan fingerprint density at radius 2 is 2.04 bits per heavy atom. The molecule has 2 heterocycles. The number of hydrogen-bond donors (Lipinski definition) is 1. The summed E-state index contributed by atoms with van der Waals surface area (Å²) in [5, 5.41) is 2.93. The van der Waals surface area contributed by atoms with Crippen molar-refractivity contribution < 1.29 is 13.9 Å². The molecule has 1 N–H and O–H groups in total. The third kappa shape index (κ3) is 3.46. The van der Waals surface area contributed by atoms with E-state index in [0.29, 0.717) is 19.7 Å². The van der Waals surface area contributed by atoms with Gasteiger partial charge in [-0.15, -0.1) is 0 Å². The number of para-hydroxylation sites is 2. The number of hydrogen-bond acceptors (Lipinski definition) is 3. The molecule has 1 aromatic heterocycles. The third-order valence-electron chi connectivity index (χ3n) is 4.63. The number of aromatic nitrogens is 2. The van der Waals surface area contributed by atoms with Gasteiger partial charge in [0.15, 0.2) is 0 Å². The smallest absolute Gasteiger partial charge is 0.249 e. The van der Waals surface area contributed by atoms with Crippen molar-refractivity contribution in [1.29, 1.82) is 0 Å². The molecule has 0 bridgehead atoms. The lowest BCUT2D eigenvalue weighted by Crippen LogP contribution is -2.34. The van der Waals surface area contributed by atoms with E-state index in [-0.39, 0.29) is 17.8 Å². The molecule has 1 saturated heterocycles. The number of nitrogens with one attached hydrogen (secondary N) is 1. The maximum absolute atomic E-state index is 13.2. The summed E-state index contributed by atoms with van der Waals surface area (Å²) < 4.78 is 20.7. The lowest BCUT2D eigenvalue weighted by atomic mass is 10.2. The zero-order chi connectivity index (χ0) is 17.9. The molecule has 1 amide bonds. The number of imidazole rings is 1. The molecule has 0 spiro atoms. The average Bonchev–Trinajstić information content (AvgIpc) is 3.30. The van der Waals surface area contributed by atoms with Crippen LogP contribution in [0.2, 0.25) is 0 Å². The number of ether oxygens (including phenoxy) is 1. The van der Waals surface area contributed by atoms with E-state index in [0.717, 1.165) is 35.3 Å². The molecular formula is C20H20FN3O2. The Morgan fingerprint density at radius 3 is 2.81 bits per heavy atom. The molecular weight excluding hydrogens is 333 g/mol. The summed E-state index contributed by atoms with van der Waals surface area (Å²) in [5.41, 5.74) is 2.83. The van der Waals surface area contributed by atoms with Gasteiger partial charge in [-0.1, -0.05) is 24.3 Å². The number of carbonyl (C=O) groups excluding carboxylic acids is 1. The zero-order valence-electron chi connectivity index (χ0n) is 14.3. The molecule has 1 unspecified atom stereocenters. The predicted molar refractivity (Wildman–Crippen MR) is 96.1 cm³/mol. The fraction of sp³-hybridized carbons (Fsp3) is 0.300. The molecule has 0 saturated carbocycles. The van der Waals surface area contributed by atoms with Crippen molar-refractivity contribution >= 4 is 16.9 Å². The molecule has 134 valence electrons. The highest BCUT2D eigenvalue weighted by molar-refractivity contribution is 5.81. The van der Waals surface area contributed by atoms with Gasteiger partial charge in [0.05, 0.1) is 17.6 Å². The van der Waals surface area contributed by atoms with E-state index in [1.807, 2.05) is 24.3 Å². The van der Waals surface area contributed by atoms with Gasteiger partial charge in [0.2, 0.25) is 5.91 Å². The zero-order valence-corrected chi connectivity index (χ0v) is 14.3. The maximum Gasteiger partial charge on any atom is 0.249 e. The molecule has 2 aromatic carbocycles. The fourth-order valence-electron chi connectivity index (χ4n) is 3.27. The molecule has 0 radical (unpaired) electrons. The van der Waals surface area contributed by atoms with E-state index in [4.69, 9.17) is 4.74 Å². The first kappa shape index (κ1) is 16.7. The van der Waals surface area contributed by atoms with Crippen molar-refractivity contribution in [3.63, 3.8) is 0 Å². The lowest BCUT2D eigenvalue weighted by molar-refractivity contribution is -0.130. The molecule has 5 nitrogen and oxygen atoms in total. The first-order valence-corrected chi connectivity index (χ1v) is 8.78. The van der Waals surface area contributed by atoms with Crippen molar-refractivity contribution in [2.24, 2.45) is 0 Å². The molecule has 1 aliphatic rings. The summed E-state index contributed by atoms with van der Waals surface area (Å²) >= 11 is 0. The number of carbonyl (C=O) groups is 1. The van der Waals surface area contributed by atoms with Gasteiger partial charge in [-0.25, -0.2) is 9.37 Å². The Morgan fingerprint density at radius 1 is 1.23 bits per heavy atom. The van der Waals surface area contributed by atoms with Crippen LogP contribution < -0.4 is 5.32 Å². The summed E-state index contributed by atoms with van der Waals surface area (Å²) in [6.07, 6.45) is 1.32. The van der Waals surface area contributed by atoms with Crippen LogP contribution in [0.25, 0.3) is 11.0 Å². The predicted octanol–water partition coefficient (Wildman–Crippen LogP) is 3.02. The summed E-state index contributed by atoms with van der Waals surface area (Å²) in [4.78, 5) is 16.9. The molecule has 26 heavy (non-hydrogen) atoms. The van der Waals surface area contributed by atoms with Crippen LogP contribution in [0.1, 0.15) is 24.2 Å².